The fourth-order valence-corrected chi connectivity index (χ4v) is 11.3. The van der Waals surface area contributed by atoms with E-state index >= 15 is 0 Å². The van der Waals surface area contributed by atoms with Gasteiger partial charge in [-0.05, 0) is 83.5 Å². The fourth-order valence-electron chi connectivity index (χ4n) is 11.3. The van der Waals surface area contributed by atoms with Crippen molar-refractivity contribution >= 4 is 11.9 Å². The second kappa shape index (κ2) is 70.3. The predicted octanol–water partition coefficient (Wildman–Crippen LogP) is 23.6. The van der Waals surface area contributed by atoms with E-state index in [1.54, 1.807) is 0 Å². The molecule has 2 unspecified atom stereocenters. The average molecular weight is 1140 g/mol. The Morgan fingerprint density at radius 1 is 0.346 bits per heavy atom. The summed E-state index contributed by atoms with van der Waals surface area (Å²) in [4.78, 5) is 24.6. The van der Waals surface area contributed by atoms with Crippen molar-refractivity contribution in [2.24, 2.45) is 0 Å². The van der Waals surface area contributed by atoms with Crippen LogP contribution in [0.2, 0.25) is 0 Å². The van der Waals surface area contributed by atoms with Crippen molar-refractivity contribution in [3.63, 3.8) is 0 Å². The van der Waals surface area contributed by atoms with Crippen molar-refractivity contribution in [1.29, 1.82) is 0 Å². The molecule has 0 bridgehead atoms. The molecular weight excluding hydrogens is 995 g/mol. The summed E-state index contributed by atoms with van der Waals surface area (Å²) in [6.45, 7) is 4.93. The van der Waals surface area contributed by atoms with E-state index in [1.165, 1.54) is 302 Å². The zero-order valence-corrected chi connectivity index (χ0v) is 54.5. The second-order valence-corrected chi connectivity index (χ2v) is 24.9. The molecule has 6 nitrogen and oxygen atoms in total. The lowest BCUT2D eigenvalue weighted by atomic mass is 10.0. The summed E-state index contributed by atoms with van der Waals surface area (Å²) < 4.78 is 5.48. The summed E-state index contributed by atoms with van der Waals surface area (Å²) in [6.07, 6.45) is 91.6. The minimum Gasteiger partial charge on any atom is -0.466 e. The number of unbranched alkanes of at least 4 members (excludes halogenated alkanes) is 49. The van der Waals surface area contributed by atoms with E-state index in [1.807, 2.05) is 0 Å². The quantitative estimate of drug-likeness (QED) is 0.0320. The highest BCUT2D eigenvalue weighted by Crippen LogP contribution is 2.19. The van der Waals surface area contributed by atoms with Crippen molar-refractivity contribution < 1.29 is 24.5 Å². The number of hydrogen-bond donors (Lipinski definition) is 3. The number of aliphatic hydroxyl groups is 2. The zero-order valence-electron chi connectivity index (χ0n) is 54.5. The Hall–Kier alpha value is -2.18. The van der Waals surface area contributed by atoms with Gasteiger partial charge in [-0.25, -0.2) is 0 Å². The van der Waals surface area contributed by atoms with Gasteiger partial charge in [0.1, 0.15) is 0 Å². The minimum absolute atomic E-state index is 0.00243. The molecule has 2 atom stereocenters. The Balaban J connectivity index is 3.41. The molecule has 0 radical (unpaired) electrons. The lowest BCUT2D eigenvalue weighted by Crippen LogP contribution is -2.45. The number of aliphatic hydroxyl groups excluding tert-OH is 2. The van der Waals surface area contributed by atoms with Gasteiger partial charge in [-0.3, -0.25) is 9.59 Å². The summed E-state index contributed by atoms with van der Waals surface area (Å²) in [5.41, 5.74) is 0. The molecule has 3 N–H and O–H groups in total. The van der Waals surface area contributed by atoms with Gasteiger partial charge in [-0.1, -0.05) is 345 Å². The van der Waals surface area contributed by atoms with Crippen LogP contribution in [0.1, 0.15) is 393 Å². The monoisotopic (exact) mass is 1140 g/mol. The third kappa shape index (κ3) is 66.8. The number of amides is 1. The number of carbonyl (C=O) groups excluding carboxylic acids is 2. The highest BCUT2D eigenvalue weighted by Gasteiger charge is 2.20. The van der Waals surface area contributed by atoms with Crippen LogP contribution < -0.4 is 5.32 Å². The van der Waals surface area contributed by atoms with Gasteiger partial charge in [-0.2, -0.15) is 0 Å². The maximum absolute atomic E-state index is 12.6. The van der Waals surface area contributed by atoms with Crippen LogP contribution in [0.25, 0.3) is 0 Å². The van der Waals surface area contributed by atoms with Crippen molar-refractivity contribution in [3.8, 4) is 0 Å². The van der Waals surface area contributed by atoms with Crippen molar-refractivity contribution in [3.05, 3.63) is 48.6 Å². The van der Waals surface area contributed by atoms with Crippen LogP contribution in [-0.4, -0.2) is 47.4 Å². The highest BCUT2D eigenvalue weighted by molar-refractivity contribution is 5.76. The molecule has 0 heterocycles. The van der Waals surface area contributed by atoms with Crippen molar-refractivity contribution in [2.75, 3.05) is 13.2 Å². The average Bonchev–Trinajstić information content (AvgIpc) is 3.47. The molecule has 6 heteroatoms. The SMILES string of the molecule is CCCC/C=C\C/C=C\CCCCCCCC(=O)OCCCCCCCCCCC/C=C\C/C=C\CCCCCCCCCCCCCCCC(=O)NC(CO)C(O)CCCCCCCCCCCCCCCCCCCCCCC. The summed E-state index contributed by atoms with van der Waals surface area (Å²) in [5.74, 6) is -0.0347. The first kappa shape index (κ1) is 78.8. The molecule has 0 spiro atoms. The van der Waals surface area contributed by atoms with Crippen LogP contribution in [0.4, 0.5) is 0 Å². The van der Waals surface area contributed by atoms with Gasteiger partial charge in [0.05, 0.1) is 25.4 Å². The van der Waals surface area contributed by atoms with Crippen molar-refractivity contribution in [2.45, 2.75) is 405 Å². The number of ether oxygens (including phenoxy) is 1. The summed E-state index contributed by atoms with van der Waals surface area (Å²) in [5, 5.41) is 23.4. The Morgan fingerprint density at radius 3 is 0.975 bits per heavy atom. The zero-order chi connectivity index (χ0) is 58.5. The van der Waals surface area contributed by atoms with Crippen LogP contribution in [0.3, 0.4) is 0 Å². The number of carbonyl (C=O) groups is 2. The predicted molar refractivity (Wildman–Crippen MR) is 356 cm³/mol. The summed E-state index contributed by atoms with van der Waals surface area (Å²) >= 11 is 0. The number of hydrogen-bond acceptors (Lipinski definition) is 5. The Kier molecular flexibility index (Phi) is 68.4. The molecule has 476 valence electrons. The Morgan fingerprint density at radius 2 is 0.630 bits per heavy atom. The second-order valence-electron chi connectivity index (χ2n) is 24.9. The van der Waals surface area contributed by atoms with Gasteiger partial charge in [0, 0.05) is 12.8 Å². The first-order chi connectivity index (χ1) is 40.0. The molecule has 0 fully saturated rings. The summed E-state index contributed by atoms with van der Waals surface area (Å²) in [7, 11) is 0. The van der Waals surface area contributed by atoms with E-state index in [4.69, 9.17) is 4.74 Å². The fraction of sp³-hybridized carbons (Fsp3) is 0.867. The Labute approximate surface area is 506 Å². The van der Waals surface area contributed by atoms with Crippen LogP contribution in [0.15, 0.2) is 48.6 Å². The van der Waals surface area contributed by atoms with E-state index in [0.29, 0.717) is 25.9 Å². The standard InChI is InChI=1S/C75H141NO5/c1-3-5-7-9-11-13-15-17-19-20-21-31-34-37-40-43-47-51-55-59-63-67-73(78)72(71-77)76-74(79)68-64-60-56-52-48-44-41-38-35-32-29-27-25-23-22-24-26-28-30-33-36-39-42-46-50-54-58-62-66-70-81-75(80)69-65-61-57-53-49-45-18-16-14-12-10-8-6-4-2/h10,12,16,18,22,24,28,30,72-73,77-78H,3-9,11,13-15,17,19-21,23,25-27,29,31-71H2,1-2H3,(H,76,79)/b12-10-,18-16-,24-22-,30-28-. The number of nitrogens with one attached hydrogen (secondary N) is 1. The largest absolute Gasteiger partial charge is 0.466 e. The molecule has 0 aromatic rings. The van der Waals surface area contributed by atoms with E-state index in [9.17, 15) is 19.8 Å². The number of allylic oxidation sites excluding steroid dienone is 8. The minimum atomic E-state index is -0.667. The Bertz CT molecular complexity index is 1360. The van der Waals surface area contributed by atoms with Gasteiger partial charge in [0.25, 0.3) is 0 Å². The first-order valence-electron chi connectivity index (χ1n) is 36.4. The number of rotatable bonds is 68. The van der Waals surface area contributed by atoms with E-state index in [2.05, 4.69) is 67.8 Å². The highest BCUT2D eigenvalue weighted by atomic mass is 16.5. The molecule has 81 heavy (non-hydrogen) atoms. The van der Waals surface area contributed by atoms with E-state index in [0.717, 1.165) is 57.8 Å². The molecule has 0 rings (SSSR count). The van der Waals surface area contributed by atoms with Crippen LogP contribution in [0, 0.1) is 0 Å². The molecule has 0 aromatic heterocycles. The van der Waals surface area contributed by atoms with Crippen LogP contribution in [-0.2, 0) is 14.3 Å². The normalized spacial score (nSPS) is 12.8. The van der Waals surface area contributed by atoms with Gasteiger partial charge in [-0.15, -0.1) is 0 Å². The molecule has 0 aliphatic heterocycles. The molecular formula is C75H141NO5. The maximum Gasteiger partial charge on any atom is 0.305 e. The topological polar surface area (TPSA) is 95.9 Å². The van der Waals surface area contributed by atoms with Gasteiger partial charge >= 0.3 is 5.97 Å². The molecule has 0 saturated heterocycles. The van der Waals surface area contributed by atoms with Crippen LogP contribution >= 0.6 is 0 Å². The molecule has 0 aliphatic carbocycles. The summed E-state index contributed by atoms with van der Waals surface area (Å²) in [6, 6.07) is -0.544. The lowest BCUT2D eigenvalue weighted by molar-refractivity contribution is -0.143. The van der Waals surface area contributed by atoms with Gasteiger partial charge in [0.2, 0.25) is 5.91 Å². The lowest BCUT2D eigenvalue weighted by Gasteiger charge is -2.22. The first-order valence-corrected chi connectivity index (χ1v) is 36.4. The third-order valence-electron chi connectivity index (χ3n) is 16.9. The molecule has 1 amide bonds. The van der Waals surface area contributed by atoms with E-state index < -0.39 is 12.1 Å². The molecule has 0 saturated carbocycles. The third-order valence-corrected chi connectivity index (χ3v) is 16.9. The molecule has 0 aliphatic rings. The smallest absolute Gasteiger partial charge is 0.305 e. The van der Waals surface area contributed by atoms with Crippen LogP contribution in [0.5, 0.6) is 0 Å². The maximum atomic E-state index is 12.6. The van der Waals surface area contributed by atoms with Crippen molar-refractivity contribution in [1.82, 2.24) is 5.32 Å². The number of esters is 1. The van der Waals surface area contributed by atoms with Gasteiger partial charge < -0.3 is 20.3 Å². The van der Waals surface area contributed by atoms with Gasteiger partial charge in [0.15, 0.2) is 0 Å². The van der Waals surface area contributed by atoms with E-state index in [-0.39, 0.29) is 18.5 Å². The molecule has 0 aromatic carbocycles.